The molecular formula is C18H16O3. The summed E-state index contributed by atoms with van der Waals surface area (Å²) < 4.78 is 5.17. The highest BCUT2D eigenvalue weighted by atomic mass is 16.5. The van der Waals surface area contributed by atoms with Crippen molar-refractivity contribution in [1.29, 1.82) is 0 Å². The fraction of sp³-hybridized carbons (Fsp3) is 0.111. The summed E-state index contributed by atoms with van der Waals surface area (Å²) in [6.07, 6.45) is 3.52. The van der Waals surface area contributed by atoms with Crippen LogP contribution in [-0.2, 0) is 4.79 Å². The van der Waals surface area contributed by atoms with Crippen molar-refractivity contribution in [3.05, 3.63) is 71.8 Å². The summed E-state index contributed by atoms with van der Waals surface area (Å²) in [6, 6.07) is 16.1. The fourth-order valence-electron chi connectivity index (χ4n) is 1.79. The van der Waals surface area contributed by atoms with Crippen molar-refractivity contribution in [2.24, 2.45) is 0 Å². The highest BCUT2D eigenvalue weighted by Crippen LogP contribution is 2.14. The molecule has 0 fully saturated rings. The Labute approximate surface area is 123 Å². The Kier molecular flexibility index (Phi) is 5.04. The molecule has 2 aromatic rings. The lowest BCUT2D eigenvalue weighted by Crippen LogP contribution is -2.04. The average molecular weight is 280 g/mol. The second kappa shape index (κ2) is 7.20. The zero-order valence-corrected chi connectivity index (χ0v) is 11.8. The Morgan fingerprint density at radius 1 is 1.00 bits per heavy atom. The molecule has 0 spiro atoms. The van der Waals surface area contributed by atoms with E-state index < -0.39 is 5.97 Å². The van der Waals surface area contributed by atoms with Crippen LogP contribution in [0, 0.1) is 0 Å². The van der Waals surface area contributed by atoms with Crippen molar-refractivity contribution in [3.8, 4) is 5.75 Å². The van der Waals surface area contributed by atoms with Crippen LogP contribution >= 0.6 is 0 Å². The standard InChI is InChI=1S/C18H16O3/c1-2-17(19)15-9-11-16(12-10-15)21-18(20)13-8-14-6-4-3-5-7-14/h3-13H,2H2,1H3. The summed E-state index contributed by atoms with van der Waals surface area (Å²) in [4.78, 5) is 23.2. The Balaban J connectivity index is 1.97. The van der Waals surface area contributed by atoms with E-state index in [0.29, 0.717) is 17.7 Å². The van der Waals surface area contributed by atoms with Gasteiger partial charge in [-0.25, -0.2) is 4.79 Å². The molecule has 0 heterocycles. The van der Waals surface area contributed by atoms with Crippen molar-refractivity contribution in [3.63, 3.8) is 0 Å². The van der Waals surface area contributed by atoms with Crippen LogP contribution in [0.2, 0.25) is 0 Å². The minimum absolute atomic E-state index is 0.0665. The van der Waals surface area contributed by atoms with Gasteiger partial charge in [-0.15, -0.1) is 0 Å². The van der Waals surface area contributed by atoms with Crippen LogP contribution in [0.3, 0.4) is 0 Å². The lowest BCUT2D eigenvalue weighted by molar-refractivity contribution is -0.128. The first-order valence-corrected chi connectivity index (χ1v) is 6.77. The topological polar surface area (TPSA) is 43.4 Å². The molecule has 0 saturated heterocycles. The van der Waals surface area contributed by atoms with Crippen LogP contribution in [-0.4, -0.2) is 11.8 Å². The maximum Gasteiger partial charge on any atom is 0.336 e. The average Bonchev–Trinajstić information content (AvgIpc) is 2.54. The van der Waals surface area contributed by atoms with Crippen LogP contribution < -0.4 is 4.74 Å². The lowest BCUT2D eigenvalue weighted by Gasteiger charge is -2.02. The predicted octanol–water partition coefficient (Wildman–Crippen LogP) is 3.90. The summed E-state index contributed by atoms with van der Waals surface area (Å²) >= 11 is 0. The van der Waals surface area contributed by atoms with Gasteiger partial charge in [0.1, 0.15) is 5.75 Å². The summed E-state index contributed by atoms with van der Waals surface area (Å²) in [6.45, 7) is 1.81. The first kappa shape index (κ1) is 14.7. The third-order valence-corrected chi connectivity index (χ3v) is 2.93. The van der Waals surface area contributed by atoms with Crippen molar-refractivity contribution in [1.82, 2.24) is 0 Å². The van der Waals surface area contributed by atoms with Crippen molar-refractivity contribution in [2.75, 3.05) is 0 Å². The monoisotopic (exact) mass is 280 g/mol. The first-order valence-electron chi connectivity index (χ1n) is 6.77. The third-order valence-electron chi connectivity index (χ3n) is 2.93. The Morgan fingerprint density at radius 2 is 1.67 bits per heavy atom. The molecule has 0 unspecified atom stereocenters. The van der Waals surface area contributed by atoms with Gasteiger partial charge in [0.15, 0.2) is 5.78 Å². The zero-order chi connectivity index (χ0) is 15.1. The number of esters is 1. The molecule has 3 heteroatoms. The van der Waals surface area contributed by atoms with Crippen LogP contribution in [0.15, 0.2) is 60.7 Å². The molecule has 3 nitrogen and oxygen atoms in total. The van der Waals surface area contributed by atoms with Crippen LogP contribution in [0.1, 0.15) is 29.3 Å². The number of benzene rings is 2. The SMILES string of the molecule is CCC(=O)c1ccc(OC(=O)C=Cc2ccccc2)cc1. The van der Waals surface area contributed by atoms with Gasteiger partial charge in [-0.05, 0) is 35.9 Å². The van der Waals surface area contributed by atoms with Crippen molar-refractivity contribution < 1.29 is 14.3 Å². The van der Waals surface area contributed by atoms with E-state index >= 15 is 0 Å². The molecule has 0 aromatic heterocycles. The van der Waals surface area contributed by atoms with Gasteiger partial charge in [0.05, 0.1) is 0 Å². The van der Waals surface area contributed by atoms with Crippen molar-refractivity contribution in [2.45, 2.75) is 13.3 Å². The van der Waals surface area contributed by atoms with Gasteiger partial charge in [0.2, 0.25) is 0 Å². The Bertz CT molecular complexity index is 640. The molecular weight excluding hydrogens is 264 g/mol. The van der Waals surface area contributed by atoms with Gasteiger partial charge in [-0.1, -0.05) is 37.3 Å². The largest absolute Gasteiger partial charge is 0.423 e. The van der Waals surface area contributed by atoms with Crippen molar-refractivity contribution >= 4 is 17.8 Å². The normalized spacial score (nSPS) is 10.5. The highest BCUT2D eigenvalue weighted by Gasteiger charge is 2.04. The highest BCUT2D eigenvalue weighted by molar-refractivity contribution is 5.96. The molecule has 0 amide bonds. The third kappa shape index (κ3) is 4.42. The van der Waals surface area contributed by atoms with Gasteiger partial charge >= 0.3 is 5.97 Å². The summed E-state index contributed by atoms with van der Waals surface area (Å²) in [5.74, 6) is 0.0376. The molecule has 0 saturated carbocycles. The van der Waals surface area contributed by atoms with E-state index in [4.69, 9.17) is 4.74 Å². The number of Topliss-reactive ketones (excluding diaryl/α,β-unsaturated/α-hetero) is 1. The van der Waals surface area contributed by atoms with E-state index in [2.05, 4.69) is 0 Å². The Morgan fingerprint density at radius 3 is 2.29 bits per heavy atom. The summed E-state index contributed by atoms with van der Waals surface area (Å²) in [7, 11) is 0. The second-order valence-corrected chi connectivity index (χ2v) is 4.47. The van der Waals surface area contributed by atoms with Crippen LogP contribution in [0.4, 0.5) is 0 Å². The van der Waals surface area contributed by atoms with E-state index in [-0.39, 0.29) is 5.78 Å². The van der Waals surface area contributed by atoms with Gasteiger partial charge in [0, 0.05) is 18.1 Å². The number of carbonyl (C=O) groups is 2. The van der Waals surface area contributed by atoms with Gasteiger partial charge in [-0.2, -0.15) is 0 Å². The van der Waals surface area contributed by atoms with Crippen LogP contribution in [0.5, 0.6) is 5.75 Å². The molecule has 0 aliphatic carbocycles. The number of ketones is 1. The van der Waals surface area contributed by atoms with E-state index in [1.807, 2.05) is 37.3 Å². The Hall–Kier alpha value is -2.68. The van der Waals surface area contributed by atoms with E-state index in [1.165, 1.54) is 6.08 Å². The van der Waals surface area contributed by atoms with Crippen LogP contribution in [0.25, 0.3) is 6.08 Å². The number of rotatable bonds is 5. The predicted molar refractivity (Wildman–Crippen MR) is 82.2 cm³/mol. The number of hydrogen-bond donors (Lipinski definition) is 0. The first-order chi connectivity index (χ1) is 10.2. The fourth-order valence-corrected chi connectivity index (χ4v) is 1.79. The number of ether oxygens (including phenoxy) is 1. The lowest BCUT2D eigenvalue weighted by atomic mass is 10.1. The summed E-state index contributed by atoms with van der Waals surface area (Å²) in [5, 5.41) is 0. The molecule has 0 N–H and O–H groups in total. The molecule has 2 rings (SSSR count). The van der Waals surface area contributed by atoms with Gasteiger partial charge < -0.3 is 4.74 Å². The quantitative estimate of drug-likeness (QED) is 0.361. The molecule has 2 aromatic carbocycles. The van der Waals surface area contributed by atoms with E-state index in [9.17, 15) is 9.59 Å². The molecule has 0 bridgehead atoms. The van der Waals surface area contributed by atoms with Gasteiger partial charge in [-0.3, -0.25) is 4.79 Å². The molecule has 0 aliphatic heterocycles. The molecule has 0 atom stereocenters. The molecule has 0 radical (unpaired) electrons. The minimum atomic E-state index is -0.451. The molecule has 106 valence electrons. The molecule has 21 heavy (non-hydrogen) atoms. The maximum absolute atomic E-state index is 11.7. The smallest absolute Gasteiger partial charge is 0.336 e. The second-order valence-electron chi connectivity index (χ2n) is 4.47. The van der Waals surface area contributed by atoms with E-state index in [1.54, 1.807) is 30.3 Å². The number of carbonyl (C=O) groups excluding carboxylic acids is 2. The number of hydrogen-bond acceptors (Lipinski definition) is 3. The minimum Gasteiger partial charge on any atom is -0.423 e. The zero-order valence-electron chi connectivity index (χ0n) is 11.8. The maximum atomic E-state index is 11.7. The molecule has 0 aliphatic rings. The van der Waals surface area contributed by atoms with Gasteiger partial charge in [0.25, 0.3) is 0 Å². The van der Waals surface area contributed by atoms with E-state index in [0.717, 1.165) is 5.56 Å². The summed E-state index contributed by atoms with van der Waals surface area (Å²) in [5.41, 5.74) is 1.55.